The Morgan fingerprint density at radius 2 is 0.540 bits per heavy atom. The second-order valence-electron chi connectivity index (χ2n) is 12.3. The third-order valence-corrected chi connectivity index (χ3v) is 9.42. The summed E-state index contributed by atoms with van der Waals surface area (Å²) in [5.74, 6) is 0. The molecule has 0 heterocycles. The molecule has 0 atom stereocenters. The Labute approximate surface area is 299 Å². The van der Waals surface area contributed by atoms with Gasteiger partial charge >= 0.3 is 0 Å². The van der Waals surface area contributed by atoms with E-state index in [-0.39, 0.29) is 0 Å². The SMILES string of the molecule is Clc1ccc(-c2cc(-c3ccccc3)c(-c3ccc(N(c4ccccc4)c4ccc(-c5ccccc5)cc4)cc3)cc2-c2ccccc2)cc1. The Balaban J connectivity index is 1.25. The van der Waals surface area contributed by atoms with E-state index in [0.717, 1.165) is 33.2 Å². The highest BCUT2D eigenvalue weighted by Crippen LogP contribution is 2.43. The largest absolute Gasteiger partial charge is 0.311 e. The first-order valence-electron chi connectivity index (χ1n) is 16.9. The van der Waals surface area contributed by atoms with Crippen molar-refractivity contribution in [2.24, 2.45) is 0 Å². The van der Waals surface area contributed by atoms with Crippen molar-refractivity contribution in [2.45, 2.75) is 0 Å². The molecular formula is C48H34ClN. The summed E-state index contributed by atoms with van der Waals surface area (Å²) < 4.78 is 0. The topological polar surface area (TPSA) is 3.24 Å². The number of para-hydroxylation sites is 1. The van der Waals surface area contributed by atoms with Gasteiger partial charge in [0.05, 0.1) is 0 Å². The predicted molar refractivity (Wildman–Crippen MR) is 213 cm³/mol. The first kappa shape index (κ1) is 31.1. The molecule has 0 unspecified atom stereocenters. The fraction of sp³-hybridized carbons (Fsp3) is 0. The molecule has 0 saturated carbocycles. The number of halogens is 1. The molecule has 1 nitrogen and oxygen atoms in total. The molecule has 0 radical (unpaired) electrons. The maximum absolute atomic E-state index is 6.33. The highest BCUT2D eigenvalue weighted by atomic mass is 35.5. The second kappa shape index (κ2) is 14.1. The lowest BCUT2D eigenvalue weighted by Gasteiger charge is -2.26. The fourth-order valence-corrected chi connectivity index (χ4v) is 6.79. The van der Waals surface area contributed by atoms with Crippen molar-refractivity contribution in [3.63, 3.8) is 0 Å². The number of rotatable bonds is 8. The zero-order chi connectivity index (χ0) is 33.7. The average Bonchev–Trinajstić information content (AvgIpc) is 3.20. The quantitative estimate of drug-likeness (QED) is 0.157. The molecule has 0 fully saturated rings. The van der Waals surface area contributed by atoms with Crippen LogP contribution in [0.25, 0.3) is 55.6 Å². The summed E-state index contributed by atoms with van der Waals surface area (Å²) in [5.41, 5.74) is 15.0. The molecule has 8 aromatic carbocycles. The molecule has 0 aromatic heterocycles. The van der Waals surface area contributed by atoms with Crippen LogP contribution >= 0.6 is 11.6 Å². The van der Waals surface area contributed by atoms with E-state index < -0.39 is 0 Å². The van der Waals surface area contributed by atoms with Gasteiger partial charge in [0, 0.05) is 22.1 Å². The number of benzene rings is 8. The van der Waals surface area contributed by atoms with Crippen molar-refractivity contribution in [2.75, 3.05) is 4.90 Å². The molecule has 0 N–H and O–H groups in total. The Bertz CT molecular complexity index is 2320. The lowest BCUT2D eigenvalue weighted by Crippen LogP contribution is -2.09. The van der Waals surface area contributed by atoms with E-state index in [0.29, 0.717) is 0 Å². The van der Waals surface area contributed by atoms with Crippen LogP contribution in [0, 0.1) is 0 Å². The summed E-state index contributed by atoms with van der Waals surface area (Å²) >= 11 is 6.33. The van der Waals surface area contributed by atoms with Crippen LogP contribution in [0.5, 0.6) is 0 Å². The van der Waals surface area contributed by atoms with E-state index >= 15 is 0 Å². The van der Waals surface area contributed by atoms with Gasteiger partial charge in [-0.05, 0) is 116 Å². The van der Waals surface area contributed by atoms with Crippen molar-refractivity contribution in [1.29, 1.82) is 0 Å². The van der Waals surface area contributed by atoms with Crippen LogP contribution in [0.2, 0.25) is 5.02 Å². The van der Waals surface area contributed by atoms with Crippen molar-refractivity contribution in [3.8, 4) is 55.6 Å². The molecule has 50 heavy (non-hydrogen) atoms. The first-order valence-corrected chi connectivity index (χ1v) is 17.2. The number of nitrogens with zero attached hydrogens (tertiary/aromatic N) is 1. The molecule has 0 aliphatic heterocycles. The van der Waals surface area contributed by atoms with Crippen LogP contribution in [0.3, 0.4) is 0 Å². The fourth-order valence-electron chi connectivity index (χ4n) is 6.67. The monoisotopic (exact) mass is 659 g/mol. The maximum Gasteiger partial charge on any atom is 0.0462 e. The van der Waals surface area contributed by atoms with Gasteiger partial charge in [-0.3, -0.25) is 0 Å². The molecule has 8 rings (SSSR count). The van der Waals surface area contributed by atoms with Gasteiger partial charge in [-0.15, -0.1) is 0 Å². The molecule has 0 aliphatic rings. The lowest BCUT2D eigenvalue weighted by atomic mass is 9.85. The van der Waals surface area contributed by atoms with Gasteiger partial charge in [0.15, 0.2) is 0 Å². The zero-order valence-electron chi connectivity index (χ0n) is 27.5. The summed E-state index contributed by atoms with van der Waals surface area (Å²) in [6.45, 7) is 0. The Kier molecular flexibility index (Phi) is 8.81. The van der Waals surface area contributed by atoms with E-state index in [9.17, 15) is 0 Å². The van der Waals surface area contributed by atoms with Crippen molar-refractivity contribution in [3.05, 3.63) is 211 Å². The van der Waals surface area contributed by atoms with Gasteiger partial charge < -0.3 is 4.90 Å². The molecular weight excluding hydrogens is 626 g/mol. The number of hydrogen-bond acceptors (Lipinski definition) is 1. The van der Waals surface area contributed by atoms with Crippen LogP contribution in [0.4, 0.5) is 17.1 Å². The zero-order valence-corrected chi connectivity index (χ0v) is 28.2. The standard InChI is InChI=1S/C48H34ClN/c49-41-27-21-39(22-28-41)47-33-46(38-17-9-3-10-18-38)48(34-45(47)37-15-7-2-8-16-37)40-25-31-44(32-26-40)50(42-19-11-4-12-20-42)43-29-23-36(24-30-43)35-13-5-1-6-14-35/h1-34H. The van der Waals surface area contributed by atoms with Gasteiger partial charge in [0.2, 0.25) is 0 Å². The minimum atomic E-state index is 0.728. The average molecular weight is 660 g/mol. The highest BCUT2D eigenvalue weighted by Gasteiger charge is 2.18. The van der Waals surface area contributed by atoms with Gasteiger partial charge in [-0.2, -0.15) is 0 Å². The lowest BCUT2D eigenvalue weighted by molar-refractivity contribution is 1.28. The summed E-state index contributed by atoms with van der Waals surface area (Å²) in [6, 6.07) is 73.0. The number of anilines is 3. The summed E-state index contributed by atoms with van der Waals surface area (Å²) in [5, 5.41) is 0.728. The van der Waals surface area contributed by atoms with Gasteiger partial charge in [0.1, 0.15) is 0 Å². The Morgan fingerprint density at radius 1 is 0.260 bits per heavy atom. The minimum Gasteiger partial charge on any atom is -0.311 e. The van der Waals surface area contributed by atoms with Gasteiger partial charge in [0.25, 0.3) is 0 Å². The summed E-state index contributed by atoms with van der Waals surface area (Å²) in [7, 11) is 0. The minimum absolute atomic E-state index is 0.728. The van der Waals surface area contributed by atoms with Crippen LogP contribution < -0.4 is 4.90 Å². The predicted octanol–water partition coefficient (Wildman–Crippen LogP) is 14.1. The van der Waals surface area contributed by atoms with E-state index in [2.05, 4.69) is 199 Å². The third kappa shape index (κ3) is 6.48. The van der Waals surface area contributed by atoms with Gasteiger partial charge in [-0.1, -0.05) is 157 Å². The normalized spacial score (nSPS) is 10.9. The molecule has 0 bridgehead atoms. The Hall–Kier alpha value is -6.15. The first-order chi connectivity index (χ1) is 24.7. The maximum atomic E-state index is 6.33. The molecule has 0 aliphatic carbocycles. The van der Waals surface area contributed by atoms with E-state index in [1.165, 1.54) is 44.5 Å². The second-order valence-corrected chi connectivity index (χ2v) is 12.7. The van der Waals surface area contributed by atoms with Crippen molar-refractivity contribution in [1.82, 2.24) is 0 Å². The van der Waals surface area contributed by atoms with Crippen molar-refractivity contribution >= 4 is 28.7 Å². The van der Waals surface area contributed by atoms with Crippen molar-refractivity contribution < 1.29 is 0 Å². The summed E-state index contributed by atoms with van der Waals surface area (Å²) in [6.07, 6.45) is 0. The van der Waals surface area contributed by atoms with E-state index in [1.54, 1.807) is 0 Å². The highest BCUT2D eigenvalue weighted by molar-refractivity contribution is 6.30. The molecule has 2 heteroatoms. The van der Waals surface area contributed by atoms with E-state index in [1.807, 2.05) is 12.1 Å². The van der Waals surface area contributed by atoms with Crippen LogP contribution in [-0.4, -0.2) is 0 Å². The molecule has 0 amide bonds. The Morgan fingerprint density at radius 3 is 0.960 bits per heavy atom. The van der Waals surface area contributed by atoms with Crippen LogP contribution in [0.1, 0.15) is 0 Å². The molecule has 0 spiro atoms. The molecule has 8 aromatic rings. The molecule has 238 valence electrons. The number of hydrogen-bond donors (Lipinski definition) is 0. The van der Waals surface area contributed by atoms with Gasteiger partial charge in [-0.25, -0.2) is 0 Å². The van der Waals surface area contributed by atoms with E-state index in [4.69, 9.17) is 11.6 Å². The third-order valence-electron chi connectivity index (χ3n) is 9.17. The smallest absolute Gasteiger partial charge is 0.0462 e. The van der Waals surface area contributed by atoms with Crippen LogP contribution in [0.15, 0.2) is 206 Å². The van der Waals surface area contributed by atoms with Crippen LogP contribution in [-0.2, 0) is 0 Å². The summed E-state index contributed by atoms with van der Waals surface area (Å²) in [4.78, 5) is 2.32. The molecule has 0 saturated heterocycles.